The maximum absolute atomic E-state index is 10.4. The topological polar surface area (TPSA) is 44.8 Å². The molecule has 0 spiro atoms. The number of carbonyl (C=O) groups excluding carboxylic acids is 1. The molecule has 0 aromatic rings. The Morgan fingerprint density at radius 3 is 2.91 bits per heavy atom. The van der Waals surface area contributed by atoms with Crippen LogP contribution in [-0.4, -0.2) is 25.2 Å². The van der Waals surface area contributed by atoms with E-state index < -0.39 is 6.29 Å². The van der Waals surface area contributed by atoms with Crippen molar-refractivity contribution in [2.45, 2.75) is 32.8 Å². The molecule has 1 saturated heterocycles. The van der Waals surface area contributed by atoms with Gasteiger partial charge in [-0.3, -0.25) is 4.79 Å². The molecule has 0 aromatic heterocycles. The van der Waals surface area contributed by atoms with Crippen molar-refractivity contribution in [1.82, 2.24) is 0 Å². The number of hydrogen-bond acceptors (Lipinski definition) is 4. The molecule has 4 heteroatoms. The van der Waals surface area contributed by atoms with E-state index in [1.54, 1.807) is 0 Å². The summed E-state index contributed by atoms with van der Waals surface area (Å²) in [5, 5.41) is 0. The summed E-state index contributed by atoms with van der Waals surface area (Å²) in [5.41, 5.74) is 0. The Hall–Kier alpha value is -0.610. The van der Waals surface area contributed by atoms with E-state index in [1.165, 1.54) is 6.92 Å². The molecule has 1 aliphatic rings. The smallest absolute Gasteiger partial charge is 0.305 e. The second kappa shape index (κ2) is 3.69. The number of rotatable bonds is 2. The zero-order valence-electron chi connectivity index (χ0n) is 6.70. The van der Waals surface area contributed by atoms with Gasteiger partial charge < -0.3 is 14.2 Å². The Morgan fingerprint density at radius 2 is 2.45 bits per heavy atom. The molecule has 4 nitrogen and oxygen atoms in total. The fourth-order valence-electron chi connectivity index (χ4n) is 0.895. The maximum atomic E-state index is 10.4. The van der Waals surface area contributed by atoms with Crippen molar-refractivity contribution in [3.8, 4) is 0 Å². The Labute approximate surface area is 65.4 Å². The van der Waals surface area contributed by atoms with Crippen LogP contribution in [0.2, 0.25) is 0 Å². The van der Waals surface area contributed by atoms with Crippen LogP contribution in [0.1, 0.15) is 20.3 Å². The zero-order valence-corrected chi connectivity index (χ0v) is 6.70. The molecule has 0 amide bonds. The zero-order chi connectivity index (χ0) is 8.27. The molecule has 64 valence electrons. The SMILES string of the molecule is CCC1OC[C@@H](OC(C)=O)O1. The summed E-state index contributed by atoms with van der Waals surface area (Å²) >= 11 is 0. The second-order valence-electron chi connectivity index (χ2n) is 2.35. The van der Waals surface area contributed by atoms with Gasteiger partial charge in [0.1, 0.15) is 6.61 Å². The predicted molar refractivity (Wildman–Crippen MR) is 36.7 cm³/mol. The molecule has 11 heavy (non-hydrogen) atoms. The lowest BCUT2D eigenvalue weighted by atomic mass is 10.5. The predicted octanol–water partition coefficient (Wildman–Crippen LogP) is 0.659. The summed E-state index contributed by atoms with van der Waals surface area (Å²) in [6.45, 7) is 3.64. The van der Waals surface area contributed by atoms with Crippen molar-refractivity contribution in [3.05, 3.63) is 0 Å². The van der Waals surface area contributed by atoms with Crippen LogP contribution in [0.3, 0.4) is 0 Å². The largest absolute Gasteiger partial charge is 0.433 e. The first-order valence-electron chi connectivity index (χ1n) is 3.66. The molecule has 1 aliphatic heterocycles. The fourth-order valence-corrected chi connectivity index (χ4v) is 0.895. The van der Waals surface area contributed by atoms with Crippen molar-refractivity contribution >= 4 is 5.97 Å². The van der Waals surface area contributed by atoms with Crippen LogP contribution in [0.4, 0.5) is 0 Å². The van der Waals surface area contributed by atoms with Gasteiger partial charge in [0.05, 0.1) is 0 Å². The first-order chi connectivity index (χ1) is 5.22. The van der Waals surface area contributed by atoms with Crippen LogP contribution in [0.15, 0.2) is 0 Å². The van der Waals surface area contributed by atoms with Crippen molar-refractivity contribution in [1.29, 1.82) is 0 Å². The molecule has 0 aromatic carbocycles. The lowest BCUT2D eigenvalue weighted by Gasteiger charge is -2.08. The van der Waals surface area contributed by atoms with E-state index in [1.807, 2.05) is 6.92 Å². The van der Waals surface area contributed by atoms with Crippen molar-refractivity contribution < 1.29 is 19.0 Å². The summed E-state index contributed by atoms with van der Waals surface area (Å²) in [6, 6.07) is 0. The minimum absolute atomic E-state index is 0.209. The van der Waals surface area contributed by atoms with Gasteiger partial charge in [-0.15, -0.1) is 0 Å². The number of esters is 1. The summed E-state index contributed by atoms with van der Waals surface area (Å²) in [4.78, 5) is 10.4. The molecule has 0 radical (unpaired) electrons. The van der Waals surface area contributed by atoms with E-state index in [2.05, 4.69) is 0 Å². The Balaban J connectivity index is 2.24. The van der Waals surface area contributed by atoms with Crippen LogP contribution < -0.4 is 0 Å². The van der Waals surface area contributed by atoms with E-state index in [9.17, 15) is 4.79 Å². The first-order valence-corrected chi connectivity index (χ1v) is 3.66. The van der Waals surface area contributed by atoms with Gasteiger partial charge in [0.15, 0.2) is 6.29 Å². The van der Waals surface area contributed by atoms with E-state index >= 15 is 0 Å². The molecule has 2 atom stereocenters. The van der Waals surface area contributed by atoms with Gasteiger partial charge in [0.2, 0.25) is 6.29 Å². The molecular formula is C7H12O4. The van der Waals surface area contributed by atoms with Gasteiger partial charge in [-0.1, -0.05) is 6.92 Å². The van der Waals surface area contributed by atoms with Crippen molar-refractivity contribution in [2.24, 2.45) is 0 Å². The minimum Gasteiger partial charge on any atom is -0.433 e. The summed E-state index contributed by atoms with van der Waals surface area (Å²) in [7, 11) is 0. The molecule has 1 rings (SSSR count). The highest BCUT2D eigenvalue weighted by Gasteiger charge is 2.26. The molecule has 0 saturated carbocycles. The van der Waals surface area contributed by atoms with E-state index in [-0.39, 0.29) is 12.3 Å². The summed E-state index contributed by atoms with van der Waals surface area (Å²) in [5.74, 6) is -0.338. The molecule has 1 unspecified atom stereocenters. The molecular weight excluding hydrogens is 148 g/mol. The fraction of sp³-hybridized carbons (Fsp3) is 0.857. The normalized spacial score (nSPS) is 30.4. The third kappa shape index (κ3) is 2.48. The third-order valence-electron chi connectivity index (χ3n) is 1.35. The van der Waals surface area contributed by atoms with Gasteiger partial charge in [0.25, 0.3) is 0 Å². The van der Waals surface area contributed by atoms with Crippen LogP contribution >= 0.6 is 0 Å². The van der Waals surface area contributed by atoms with Crippen molar-refractivity contribution in [3.63, 3.8) is 0 Å². The van der Waals surface area contributed by atoms with Crippen LogP contribution in [0.25, 0.3) is 0 Å². The minimum atomic E-state index is -0.502. The number of ether oxygens (including phenoxy) is 3. The van der Waals surface area contributed by atoms with Crippen LogP contribution in [0, 0.1) is 0 Å². The van der Waals surface area contributed by atoms with Crippen LogP contribution in [-0.2, 0) is 19.0 Å². The van der Waals surface area contributed by atoms with E-state index in [0.29, 0.717) is 6.61 Å². The van der Waals surface area contributed by atoms with Crippen LogP contribution in [0.5, 0.6) is 0 Å². The molecule has 0 N–H and O–H groups in total. The van der Waals surface area contributed by atoms with Crippen molar-refractivity contribution in [2.75, 3.05) is 6.61 Å². The van der Waals surface area contributed by atoms with Gasteiger partial charge >= 0.3 is 5.97 Å². The van der Waals surface area contributed by atoms with E-state index in [0.717, 1.165) is 6.42 Å². The molecule has 1 heterocycles. The van der Waals surface area contributed by atoms with E-state index in [4.69, 9.17) is 14.2 Å². The monoisotopic (exact) mass is 160 g/mol. The number of carbonyl (C=O) groups is 1. The average molecular weight is 160 g/mol. The van der Waals surface area contributed by atoms with Gasteiger partial charge in [-0.05, 0) is 6.42 Å². The number of hydrogen-bond donors (Lipinski definition) is 0. The average Bonchev–Trinajstić information content (AvgIpc) is 2.34. The van der Waals surface area contributed by atoms with Gasteiger partial charge in [0, 0.05) is 6.92 Å². The Bertz CT molecular complexity index is 145. The second-order valence-corrected chi connectivity index (χ2v) is 2.35. The highest BCUT2D eigenvalue weighted by atomic mass is 16.8. The maximum Gasteiger partial charge on any atom is 0.305 e. The summed E-state index contributed by atoms with van der Waals surface area (Å²) < 4.78 is 15.0. The van der Waals surface area contributed by atoms with Gasteiger partial charge in [-0.25, -0.2) is 0 Å². The Morgan fingerprint density at radius 1 is 1.73 bits per heavy atom. The highest BCUT2D eigenvalue weighted by Crippen LogP contribution is 2.14. The quantitative estimate of drug-likeness (QED) is 0.556. The lowest BCUT2D eigenvalue weighted by Crippen LogP contribution is -2.18. The first kappa shape index (κ1) is 8.49. The molecule has 0 aliphatic carbocycles. The standard InChI is InChI=1S/C7H12O4/c1-3-6-9-4-7(11-6)10-5(2)8/h6-7H,3-4H2,1-2H3/t6?,7-/m0/s1. The Kier molecular flexibility index (Phi) is 2.84. The van der Waals surface area contributed by atoms with Gasteiger partial charge in [-0.2, -0.15) is 0 Å². The molecule has 1 fully saturated rings. The summed E-state index contributed by atoms with van der Waals surface area (Å²) in [6.07, 6.45) is 0.0643. The third-order valence-corrected chi connectivity index (χ3v) is 1.35. The lowest BCUT2D eigenvalue weighted by molar-refractivity contribution is -0.173. The molecule has 0 bridgehead atoms. The highest BCUT2D eigenvalue weighted by molar-refractivity contribution is 5.66.